The summed E-state index contributed by atoms with van der Waals surface area (Å²) >= 11 is 0. The summed E-state index contributed by atoms with van der Waals surface area (Å²) in [6.45, 7) is 2.24. The number of carbonyl (C=O) groups is 1. The minimum absolute atomic E-state index is 0.000467. The molecule has 1 fully saturated rings. The lowest BCUT2D eigenvalue weighted by Crippen LogP contribution is -2.44. The van der Waals surface area contributed by atoms with E-state index in [9.17, 15) is 30.7 Å². The molecule has 4 nitrogen and oxygen atoms in total. The van der Waals surface area contributed by atoms with Crippen LogP contribution >= 0.6 is 0 Å². The van der Waals surface area contributed by atoms with Gasteiger partial charge in [0.1, 0.15) is 5.82 Å². The van der Waals surface area contributed by atoms with Crippen molar-refractivity contribution in [2.24, 2.45) is 5.92 Å². The van der Waals surface area contributed by atoms with Gasteiger partial charge in [0, 0.05) is 24.6 Å². The van der Waals surface area contributed by atoms with Crippen molar-refractivity contribution in [3.8, 4) is 0 Å². The molecule has 142 valence electrons. The molecule has 0 radical (unpaired) electrons. The number of hydrogen-bond acceptors (Lipinski definition) is 3. The number of benzene rings is 1. The maximum Gasteiger partial charge on any atom is 0.490 e. The van der Waals surface area contributed by atoms with Crippen LogP contribution in [0.15, 0.2) is 18.2 Å². The second-order valence-electron chi connectivity index (χ2n) is 5.15. The Morgan fingerprint density at radius 2 is 1.76 bits per heavy atom. The van der Waals surface area contributed by atoms with E-state index in [-0.39, 0.29) is 12.2 Å². The topological polar surface area (TPSA) is 58.6 Å². The number of aliphatic carboxylic acids is 1. The molecule has 0 aromatic heterocycles. The first-order chi connectivity index (χ1) is 11.4. The Morgan fingerprint density at radius 3 is 2.12 bits per heavy atom. The van der Waals surface area contributed by atoms with Crippen LogP contribution in [-0.2, 0) is 22.3 Å². The van der Waals surface area contributed by atoms with Gasteiger partial charge in [-0.25, -0.2) is 9.18 Å². The summed E-state index contributed by atoms with van der Waals surface area (Å²) in [5, 5.41) is 10.2. The minimum Gasteiger partial charge on any atom is -0.475 e. The van der Waals surface area contributed by atoms with Crippen LogP contribution in [0.25, 0.3) is 0 Å². The van der Waals surface area contributed by atoms with Gasteiger partial charge in [-0.05, 0) is 12.1 Å². The van der Waals surface area contributed by atoms with Crippen LogP contribution in [0, 0.1) is 11.7 Å². The molecule has 2 N–H and O–H groups in total. The lowest BCUT2D eigenvalue weighted by molar-refractivity contribution is -0.192. The molecule has 1 aromatic rings. The maximum absolute atomic E-state index is 13.4. The van der Waals surface area contributed by atoms with Gasteiger partial charge in [-0.2, -0.15) is 26.3 Å². The molecule has 0 saturated carbocycles. The summed E-state index contributed by atoms with van der Waals surface area (Å²) in [6.07, 6.45) is -9.60. The molecule has 11 heteroatoms. The van der Waals surface area contributed by atoms with Crippen LogP contribution in [0.4, 0.5) is 30.7 Å². The van der Waals surface area contributed by atoms with Crippen molar-refractivity contribution in [3.63, 3.8) is 0 Å². The highest BCUT2D eigenvalue weighted by molar-refractivity contribution is 5.73. The molecule has 25 heavy (non-hydrogen) atoms. The summed E-state index contributed by atoms with van der Waals surface area (Å²) in [7, 11) is 0. The standard InChI is InChI=1S/C12H13F4NO.C2HF3O2/c13-11-3-10(12(14,15)16)2-1-9(11)7-18-6-8-4-17-5-8;3-2(4,5)1(6)7/h1-3,8,17H,4-7H2;(H,6,7). The van der Waals surface area contributed by atoms with Crippen LogP contribution in [-0.4, -0.2) is 36.9 Å². The molecule has 1 aromatic carbocycles. The molecule has 1 aliphatic rings. The molecule has 1 saturated heterocycles. The first kappa shape index (κ1) is 21.2. The lowest BCUT2D eigenvalue weighted by Gasteiger charge is -2.26. The second kappa shape index (κ2) is 8.48. The van der Waals surface area contributed by atoms with Crippen molar-refractivity contribution in [2.75, 3.05) is 19.7 Å². The zero-order valence-electron chi connectivity index (χ0n) is 12.5. The van der Waals surface area contributed by atoms with Gasteiger partial charge >= 0.3 is 18.3 Å². The average Bonchev–Trinajstić information content (AvgIpc) is 2.41. The average molecular weight is 377 g/mol. The van der Waals surface area contributed by atoms with E-state index in [0.29, 0.717) is 18.6 Å². The number of alkyl halides is 6. The van der Waals surface area contributed by atoms with E-state index < -0.39 is 29.7 Å². The first-order valence-electron chi connectivity index (χ1n) is 6.85. The number of carboxylic acid groups (broad SMARTS) is 1. The third-order valence-corrected chi connectivity index (χ3v) is 3.10. The van der Waals surface area contributed by atoms with Gasteiger partial charge in [-0.15, -0.1) is 0 Å². The molecular weight excluding hydrogens is 363 g/mol. The molecule has 0 amide bonds. The molecule has 2 rings (SSSR count). The van der Waals surface area contributed by atoms with Crippen LogP contribution in [0.5, 0.6) is 0 Å². The Balaban J connectivity index is 0.000000381. The number of hydrogen-bond donors (Lipinski definition) is 2. The number of halogens is 7. The highest BCUT2D eigenvalue weighted by atomic mass is 19.4. The smallest absolute Gasteiger partial charge is 0.475 e. The monoisotopic (exact) mass is 377 g/mol. The number of nitrogens with one attached hydrogen (secondary N) is 1. The summed E-state index contributed by atoms with van der Waals surface area (Å²) in [5.74, 6) is -3.22. The van der Waals surface area contributed by atoms with Crippen LogP contribution < -0.4 is 5.32 Å². The maximum atomic E-state index is 13.4. The second-order valence-corrected chi connectivity index (χ2v) is 5.15. The van der Waals surface area contributed by atoms with Gasteiger partial charge in [0.25, 0.3) is 0 Å². The summed E-state index contributed by atoms with van der Waals surface area (Å²) < 4.78 is 87.3. The molecule has 0 spiro atoms. The normalized spacial score (nSPS) is 15.2. The fraction of sp³-hybridized carbons (Fsp3) is 0.500. The van der Waals surface area contributed by atoms with E-state index in [4.69, 9.17) is 14.6 Å². The minimum atomic E-state index is -5.08. The number of carboxylic acids is 1. The number of rotatable bonds is 4. The first-order valence-corrected chi connectivity index (χ1v) is 6.85. The molecule has 0 unspecified atom stereocenters. The van der Waals surface area contributed by atoms with Gasteiger partial charge in [-0.3, -0.25) is 0 Å². The fourth-order valence-corrected chi connectivity index (χ4v) is 1.64. The third-order valence-electron chi connectivity index (χ3n) is 3.10. The number of ether oxygens (including phenoxy) is 1. The van der Waals surface area contributed by atoms with Crippen molar-refractivity contribution >= 4 is 5.97 Å². The van der Waals surface area contributed by atoms with Gasteiger partial charge in [0.05, 0.1) is 18.8 Å². The predicted octanol–water partition coefficient (Wildman–Crippen LogP) is 3.21. The van der Waals surface area contributed by atoms with E-state index in [1.54, 1.807) is 0 Å². The van der Waals surface area contributed by atoms with E-state index in [1.807, 2.05) is 0 Å². The molecule has 0 bridgehead atoms. The van der Waals surface area contributed by atoms with Crippen molar-refractivity contribution in [3.05, 3.63) is 35.1 Å². The van der Waals surface area contributed by atoms with Crippen molar-refractivity contribution < 1.29 is 45.4 Å². The quantitative estimate of drug-likeness (QED) is 0.792. The Bertz CT molecular complexity index is 583. The van der Waals surface area contributed by atoms with Crippen molar-refractivity contribution in [1.29, 1.82) is 0 Å². The van der Waals surface area contributed by atoms with Crippen LogP contribution in [0.3, 0.4) is 0 Å². The Labute approximate surface area is 137 Å². The SMILES string of the molecule is Fc1cc(C(F)(F)F)ccc1COCC1CNC1.O=C(O)C(F)(F)F. The highest BCUT2D eigenvalue weighted by Gasteiger charge is 2.38. The molecule has 0 aliphatic carbocycles. The highest BCUT2D eigenvalue weighted by Crippen LogP contribution is 2.30. The zero-order valence-corrected chi connectivity index (χ0v) is 12.5. The van der Waals surface area contributed by atoms with Crippen LogP contribution in [0.2, 0.25) is 0 Å². The van der Waals surface area contributed by atoms with Gasteiger partial charge < -0.3 is 15.2 Å². The van der Waals surface area contributed by atoms with Gasteiger partial charge in [0.2, 0.25) is 0 Å². The fourth-order valence-electron chi connectivity index (χ4n) is 1.64. The Morgan fingerprint density at radius 1 is 1.20 bits per heavy atom. The summed E-state index contributed by atoms with van der Waals surface area (Å²) in [4.78, 5) is 8.90. The van der Waals surface area contributed by atoms with Crippen LogP contribution in [0.1, 0.15) is 11.1 Å². The predicted molar refractivity (Wildman–Crippen MR) is 71.1 cm³/mol. The summed E-state index contributed by atoms with van der Waals surface area (Å²) in [6, 6.07) is 2.49. The van der Waals surface area contributed by atoms with E-state index in [2.05, 4.69) is 5.32 Å². The zero-order chi connectivity index (χ0) is 19.3. The van der Waals surface area contributed by atoms with Gasteiger partial charge in [-0.1, -0.05) is 6.07 Å². The lowest BCUT2D eigenvalue weighted by atomic mass is 10.1. The Hall–Kier alpha value is -1.88. The van der Waals surface area contributed by atoms with E-state index >= 15 is 0 Å². The molecule has 1 aliphatic heterocycles. The van der Waals surface area contributed by atoms with Crippen molar-refractivity contribution in [2.45, 2.75) is 19.0 Å². The summed E-state index contributed by atoms with van der Waals surface area (Å²) in [5.41, 5.74) is -0.831. The van der Waals surface area contributed by atoms with Crippen molar-refractivity contribution in [1.82, 2.24) is 5.32 Å². The molecule has 1 heterocycles. The third kappa shape index (κ3) is 7.26. The molecular formula is C14H14F7NO3. The largest absolute Gasteiger partial charge is 0.490 e. The van der Waals surface area contributed by atoms with E-state index in [0.717, 1.165) is 25.2 Å². The van der Waals surface area contributed by atoms with E-state index in [1.165, 1.54) is 0 Å². The Kier molecular flexibility index (Phi) is 7.17. The van der Waals surface area contributed by atoms with Gasteiger partial charge in [0.15, 0.2) is 0 Å². The molecule has 0 atom stereocenters.